The lowest BCUT2D eigenvalue weighted by atomic mass is 10.4. The maximum atomic E-state index is 5.06. The second-order valence-corrected chi connectivity index (χ2v) is 4.24. The van der Waals surface area contributed by atoms with Gasteiger partial charge in [-0.25, -0.2) is 0 Å². The molecule has 0 aromatic carbocycles. The van der Waals surface area contributed by atoms with E-state index in [0.717, 1.165) is 39.4 Å². The minimum Gasteiger partial charge on any atom is -0.353 e. The van der Waals surface area contributed by atoms with E-state index in [9.17, 15) is 0 Å². The summed E-state index contributed by atoms with van der Waals surface area (Å²) < 4.78 is 20.2. The molecule has 0 radical (unpaired) electrons. The van der Waals surface area contributed by atoms with E-state index >= 15 is 0 Å². The summed E-state index contributed by atoms with van der Waals surface area (Å²) in [6, 6.07) is 0. The summed E-state index contributed by atoms with van der Waals surface area (Å²) in [7, 11) is 1.96. The highest BCUT2D eigenvalue weighted by Crippen LogP contribution is 2.01. The van der Waals surface area contributed by atoms with E-state index in [1.165, 1.54) is 6.42 Å². The molecule has 0 bridgehead atoms. The second-order valence-electron chi connectivity index (χ2n) is 4.24. The summed E-state index contributed by atoms with van der Waals surface area (Å²) in [6.45, 7) is 14.2. The molecule has 0 amide bonds. The Morgan fingerprint density at radius 1 is 1.10 bits per heavy atom. The van der Waals surface area contributed by atoms with Crippen LogP contribution in [0.5, 0.6) is 0 Å². The molecule has 0 saturated carbocycles. The fourth-order valence-electron chi connectivity index (χ4n) is 1.37. The van der Waals surface area contributed by atoms with Crippen LogP contribution in [0, 0.1) is 0 Å². The molecule has 1 fully saturated rings. The Labute approximate surface area is 125 Å². The molecule has 0 spiro atoms. The van der Waals surface area contributed by atoms with Gasteiger partial charge in [-0.15, -0.1) is 0 Å². The monoisotopic (exact) mass is 293 g/mol. The van der Waals surface area contributed by atoms with Gasteiger partial charge in [-0.05, 0) is 54.1 Å². The van der Waals surface area contributed by atoms with Gasteiger partial charge in [-0.2, -0.15) is 0 Å². The van der Waals surface area contributed by atoms with Crippen LogP contribution >= 0.6 is 0 Å². The summed E-state index contributed by atoms with van der Waals surface area (Å²) in [4.78, 5) is 0. The fraction of sp³-hybridized carbons (Fsp3) is 1.00. The number of hydrogen-bond acceptors (Lipinski definition) is 5. The zero-order chi connectivity index (χ0) is 15.6. The minimum atomic E-state index is -0.0370. The highest BCUT2D eigenvalue weighted by Gasteiger charge is 2.05. The Bertz CT molecular complexity index is 156. The van der Waals surface area contributed by atoms with Crippen molar-refractivity contribution in [1.29, 1.82) is 0 Å². The van der Waals surface area contributed by atoms with Crippen molar-refractivity contribution >= 4 is 0 Å². The molecule has 1 rings (SSSR count). The van der Waals surface area contributed by atoms with Crippen LogP contribution in [-0.2, 0) is 18.9 Å². The molecular formula is C15H35NO4. The topological polar surface area (TPSA) is 49.0 Å². The second kappa shape index (κ2) is 18.8. The van der Waals surface area contributed by atoms with E-state index in [0.29, 0.717) is 0 Å². The van der Waals surface area contributed by atoms with Crippen molar-refractivity contribution in [3.05, 3.63) is 0 Å². The Morgan fingerprint density at radius 3 is 1.80 bits per heavy atom. The molecule has 1 aliphatic rings. The number of rotatable bonds is 6. The van der Waals surface area contributed by atoms with Gasteiger partial charge in [0.2, 0.25) is 0 Å². The van der Waals surface area contributed by atoms with E-state index in [1.807, 2.05) is 34.7 Å². The molecule has 124 valence electrons. The lowest BCUT2D eigenvalue weighted by molar-refractivity contribution is -0.167. The van der Waals surface area contributed by atoms with Gasteiger partial charge < -0.3 is 24.3 Å². The third kappa shape index (κ3) is 20.1. The summed E-state index contributed by atoms with van der Waals surface area (Å²) in [5.41, 5.74) is 0. The average molecular weight is 293 g/mol. The quantitative estimate of drug-likeness (QED) is 0.763. The van der Waals surface area contributed by atoms with Gasteiger partial charge in [0.05, 0.1) is 13.2 Å². The summed E-state index contributed by atoms with van der Waals surface area (Å²) in [5, 5.41) is 3.02. The lowest BCUT2D eigenvalue weighted by Gasteiger charge is -2.18. The van der Waals surface area contributed by atoms with E-state index < -0.39 is 0 Å². The fourth-order valence-corrected chi connectivity index (χ4v) is 1.37. The molecular weight excluding hydrogens is 258 g/mol. The summed E-state index contributed by atoms with van der Waals surface area (Å²) >= 11 is 0. The van der Waals surface area contributed by atoms with Crippen molar-refractivity contribution < 1.29 is 18.9 Å². The molecule has 5 nitrogen and oxygen atoms in total. The standard InChI is InChI=1S/C6H14O2.C5H10O2.C4H11N/c1-4-7-6(3)8-5-2;1-5-6-3-2-4-7-5;1-3-4-5-2/h6H,4-5H2,1-3H3;5H,2-4H2,1H3;5H,3-4H2,1-2H3. The molecule has 0 aliphatic carbocycles. The van der Waals surface area contributed by atoms with Gasteiger partial charge >= 0.3 is 0 Å². The Balaban J connectivity index is 0. The van der Waals surface area contributed by atoms with Crippen molar-refractivity contribution in [2.75, 3.05) is 40.0 Å². The first-order valence-electron chi connectivity index (χ1n) is 7.73. The minimum absolute atomic E-state index is 0.0359. The van der Waals surface area contributed by atoms with E-state index in [2.05, 4.69) is 12.2 Å². The third-order valence-electron chi connectivity index (χ3n) is 2.30. The molecule has 0 atom stereocenters. The van der Waals surface area contributed by atoms with Crippen LogP contribution in [0.25, 0.3) is 0 Å². The highest BCUT2D eigenvalue weighted by molar-refractivity contribution is 4.42. The largest absolute Gasteiger partial charge is 0.353 e. The molecule has 20 heavy (non-hydrogen) atoms. The predicted octanol–water partition coefficient (Wildman–Crippen LogP) is 2.79. The van der Waals surface area contributed by atoms with Crippen molar-refractivity contribution in [1.82, 2.24) is 5.32 Å². The first-order valence-corrected chi connectivity index (χ1v) is 7.73. The van der Waals surface area contributed by atoms with Gasteiger partial charge in [0.25, 0.3) is 0 Å². The molecule has 0 aromatic heterocycles. The first kappa shape index (κ1) is 22.1. The maximum absolute atomic E-state index is 5.06. The van der Waals surface area contributed by atoms with Crippen molar-refractivity contribution in [2.24, 2.45) is 0 Å². The van der Waals surface area contributed by atoms with Crippen LogP contribution in [0.15, 0.2) is 0 Å². The third-order valence-corrected chi connectivity index (χ3v) is 2.30. The van der Waals surface area contributed by atoms with Crippen LogP contribution in [-0.4, -0.2) is 52.6 Å². The molecule has 5 heteroatoms. The van der Waals surface area contributed by atoms with Crippen LogP contribution < -0.4 is 5.32 Å². The Hall–Kier alpha value is -0.200. The molecule has 1 aliphatic heterocycles. The van der Waals surface area contributed by atoms with Crippen molar-refractivity contribution in [2.45, 2.75) is 60.0 Å². The zero-order valence-corrected chi connectivity index (χ0v) is 14.2. The molecule has 1 N–H and O–H groups in total. The van der Waals surface area contributed by atoms with Gasteiger partial charge in [0.15, 0.2) is 12.6 Å². The van der Waals surface area contributed by atoms with Gasteiger partial charge in [0.1, 0.15) is 0 Å². The lowest BCUT2D eigenvalue weighted by Crippen LogP contribution is -2.21. The summed E-state index contributed by atoms with van der Waals surface area (Å²) in [6.07, 6.45) is 2.28. The average Bonchev–Trinajstić information content (AvgIpc) is 2.42. The van der Waals surface area contributed by atoms with Crippen molar-refractivity contribution in [3.8, 4) is 0 Å². The highest BCUT2D eigenvalue weighted by atomic mass is 16.7. The zero-order valence-electron chi connectivity index (χ0n) is 14.2. The van der Waals surface area contributed by atoms with E-state index in [4.69, 9.17) is 18.9 Å². The van der Waals surface area contributed by atoms with E-state index in [-0.39, 0.29) is 12.6 Å². The van der Waals surface area contributed by atoms with Crippen LogP contribution in [0.1, 0.15) is 47.5 Å². The number of ether oxygens (including phenoxy) is 4. The van der Waals surface area contributed by atoms with E-state index in [1.54, 1.807) is 0 Å². The number of hydrogen-bond donors (Lipinski definition) is 1. The van der Waals surface area contributed by atoms with Crippen LogP contribution in [0.3, 0.4) is 0 Å². The maximum Gasteiger partial charge on any atom is 0.154 e. The Morgan fingerprint density at radius 2 is 1.60 bits per heavy atom. The molecule has 0 aromatic rings. The van der Waals surface area contributed by atoms with Crippen LogP contribution in [0.4, 0.5) is 0 Å². The number of nitrogens with one attached hydrogen (secondary N) is 1. The molecule has 1 saturated heterocycles. The van der Waals surface area contributed by atoms with Crippen LogP contribution in [0.2, 0.25) is 0 Å². The predicted molar refractivity (Wildman–Crippen MR) is 82.9 cm³/mol. The first-order chi connectivity index (χ1) is 9.62. The SMILES string of the molecule is CC1OCCCO1.CCCNC.CCOC(C)OCC. The van der Waals surface area contributed by atoms with Gasteiger partial charge in [-0.1, -0.05) is 6.92 Å². The normalized spacial score (nSPS) is 15.2. The smallest absolute Gasteiger partial charge is 0.154 e. The van der Waals surface area contributed by atoms with Gasteiger partial charge in [-0.3, -0.25) is 0 Å². The molecule has 1 heterocycles. The Kier molecular flexibility index (Phi) is 20.8. The summed E-state index contributed by atoms with van der Waals surface area (Å²) in [5.74, 6) is 0. The van der Waals surface area contributed by atoms with Gasteiger partial charge in [0, 0.05) is 13.2 Å². The molecule has 0 unspecified atom stereocenters. The van der Waals surface area contributed by atoms with Crippen molar-refractivity contribution in [3.63, 3.8) is 0 Å².